The summed E-state index contributed by atoms with van der Waals surface area (Å²) in [6.07, 6.45) is 1.60. The van der Waals surface area contributed by atoms with Crippen LogP contribution in [0.3, 0.4) is 0 Å². The Labute approximate surface area is 122 Å². The zero-order valence-electron chi connectivity index (χ0n) is 12.6. The third kappa shape index (κ3) is 3.56. The lowest BCUT2D eigenvalue weighted by Gasteiger charge is -2.21. The van der Waals surface area contributed by atoms with Crippen LogP contribution in [-0.4, -0.2) is 27.8 Å². The average molecular weight is 292 g/mol. The number of nitrogens with one attached hydrogen (secondary N) is 1. The molecule has 1 unspecified atom stereocenters. The zero-order valence-corrected chi connectivity index (χ0v) is 12.6. The Hall–Kier alpha value is -1.99. The van der Waals surface area contributed by atoms with Crippen molar-refractivity contribution in [1.29, 1.82) is 0 Å². The van der Waals surface area contributed by atoms with Crippen LogP contribution in [0.2, 0.25) is 0 Å². The van der Waals surface area contributed by atoms with Crippen LogP contribution in [0.25, 0.3) is 11.5 Å². The van der Waals surface area contributed by atoms with Gasteiger partial charge in [0.15, 0.2) is 11.3 Å². The topological polar surface area (TPSA) is 107 Å². The Morgan fingerprint density at radius 2 is 2.24 bits per heavy atom. The van der Waals surface area contributed by atoms with Crippen LogP contribution in [0.1, 0.15) is 32.3 Å². The van der Waals surface area contributed by atoms with E-state index < -0.39 is 5.54 Å². The molecular formula is C14H20N4O3. The van der Waals surface area contributed by atoms with Crippen LogP contribution in [0.5, 0.6) is 0 Å². The van der Waals surface area contributed by atoms with Crippen LogP contribution in [0.4, 0.5) is 0 Å². The number of nitrogens with two attached hydrogens (primary N) is 1. The molecule has 2 aromatic rings. The number of nitrogens with zero attached hydrogens (tertiary/aromatic N) is 2. The molecule has 3 N–H and O–H groups in total. The lowest BCUT2D eigenvalue weighted by atomic mass is 10.1. The van der Waals surface area contributed by atoms with Crippen molar-refractivity contribution in [2.24, 2.45) is 5.73 Å². The van der Waals surface area contributed by atoms with Gasteiger partial charge in [0.1, 0.15) is 11.1 Å². The van der Waals surface area contributed by atoms with Gasteiger partial charge >= 0.3 is 0 Å². The van der Waals surface area contributed by atoms with Gasteiger partial charge in [0.05, 0.1) is 12.7 Å². The lowest BCUT2D eigenvalue weighted by Crippen LogP contribution is -2.40. The molecule has 0 aromatic carbocycles. The molecule has 2 aromatic heterocycles. The SMILES string of the molecule is Cc1cc(=O)c(-c2nc(C(C)(N)COC(C)C)no2)c[nH]1. The molecule has 2 heterocycles. The smallest absolute Gasteiger partial charge is 0.263 e. The molecule has 0 bridgehead atoms. The maximum Gasteiger partial charge on any atom is 0.263 e. The minimum atomic E-state index is -0.885. The summed E-state index contributed by atoms with van der Waals surface area (Å²) >= 11 is 0. The van der Waals surface area contributed by atoms with Crippen molar-refractivity contribution in [2.75, 3.05) is 6.61 Å². The maximum absolute atomic E-state index is 11.9. The minimum Gasteiger partial charge on any atom is -0.376 e. The van der Waals surface area contributed by atoms with Gasteiger partial charge in [-0.05, 0) is 27.7 Å². The van der Waals surface area contributed by atoms with Crippen molar-refractivity contribution in [3.05, 3.63) is 34.0 Å². The highest BCUT2D eigenvalue weighted by Gasteiger charge is 2.29. The number of pyridine rings is 1. The highest BCUT2D eigenvalue weighted by atomic mass is 16.5. The first-order valence-corrected chi connectivity index (χ1v) is 6.74. The van der Waals surface area contributed by atoms with E-state index in [0.29, 0.717) is 11.4 Å². The molecule has 0 amide bonds. The summed E-state index contributed by atoms with van der Waals surface area (Å²) in [7, 11) is 0. The number of aryl methyl sites for hydroxylation is 1. The Morgan fingerprint density at radius 1 is 1.52 bits per heavy atom. The fraction of sp³-hybridized carbons (Fsp3) is 0.500. The van der Waals surface area contributed by atoms with Gasteiger partial charge in [0, 0.05) is 18.0 Å². The molecule has 0 aliphatic carbocycles. The normalized spacial score (nSPS) is 14.4. The Morgan fingerprint density at radius 3 is 2.86 bits per heavy atom. The Kier molecular flexibility index (Phi) is 4.24. The second kappa shape index (κ2) is 5.79. The van der Waals surface area contributed by atoms with Crippen molar-refractivity contribution in [3.63, 3.8) is 0 Å². The number of hydrogen-bond acceptors (Lipinski definition) is 6. The number of ether oxygens (including phenoxy) is 1. The molecule has 7 nitrogen and oxygen atoms in total. The van der Waals surface area contributed by atoms with E-state index in [0.717, 1.165) is 5.69 Å². The van der Waals surface area contributed by atoms with E-state index in [9.17, 15) is 4.79 Å². The van der Waals surface area contributed by atoms with E-state index >= 15 is 0 Å². The standard InChI is InChI=1S/C14H20N4O3/c1-8(2)20-7-14(4,15)13-17-12(21-18-13)10-6-16-9(3)5-11(10)19/h5-6,8H,7,15H2,1-4H3,(H,16,19). The maximum atomic E-state index is 11.9. The van der Waals surface area contributed by atoms with E-state index in [1.54, 1.807) is 20.0 Å². The van der Waals surface area contributed by atoms with Crippen LogP contribution in [0.15, 0.2) is 21.6 Å². The molecule has 0 aliphatic heterocycles. The third-order valence-corrected chi connectivity index (χ3v) is 2.94. The molecular weight excluding hydrogens is 272 g/mol. The van der Waals surface area contributed by atoms with Gasteiger partial charge < -0.3 is 20.0 Å². The lowest BCUT2D eigenvalue weighted by molar-refractivity contribution is 0.0410. The summed E-state index contributed by atoms with van der Waals surface area (Å²) in [6, 6.07) is 1.47. The average Bonchev–Trinajstić information content (AvgIpc) is 2.86. The zero-order chi connectivity index (χ0) is 15.6. The number of aromatic amines is 1. The van der Waals surface area contributed by atoms with Gasteiger partial charge in [-0.25, -0.2) is 0 Å². The van der Waals surface area contributed by atoms with E-state index in [1.807, 2.05) is 13.8 Å². The predicted octanol–water partition coefficient (Wildman–Crippen LogP) is 1.33. The molecule has 0 spiro atoms. The Balaban J connectivity index is 2.27. The summed E-state index contributed by atoms with van der Waals surface area (Å²) in [5.41, 5.74) is 6.16. The van der Waals surface area contributed by atoms with Crippen molar-refractivity contribution in [3.8, 4) is 11.5 Å². The summed E-state index contributed by atoms with van der Waals surface area (Å²) < 4.78 is 10.6. The van der Waals surface area contributed by atoms with Crippen LogP contribution in [0, 0.1) is 6.92 Å². The predicted molar refractivity (Wildman–Crippen MR) is 77.7 cm³/mol. The molecule has 0 radical (unpaired) electrons. The van der Waals surface area contributed by atoms with Gasteiger partial charge in [0.25, 0.3) is 5.89 Å². The highest BCUT2D eigenvalue weighted by Crippen LogP contribution is 2.19. The van der Waals surface area contributed by atoms with Crippen LogP contribution < -0.4 is 11.2 Å². The van der Waals surface area contributed by atoms with Gasteiger partial charge in [-0.1, -0.05) is 5.16 Å². The molecule has 2 rings (SSSR count). The molecule has 21 heavy (non-hydrogen) atoms. The molecule has 0 aliphatic rings. The van der Waals surface area contributed by atoms with E-state index in [-0.39, 0.29) is 24.0 Å². The van der Waals surface area contributed by atoms with Gasteiger partial charge in [0.2, 0.25) is 0 Å². The second-order valence-corrected chi connectivity index (χ2v) is 5.59. The molecule has 0 saturated heterocycles. The third-order valence-electron chi connectivity index (χ3n) is 2.94. The fourth-order valence-corrected chi connectivity index (χ4v) is 1.71. The van der Waals surface area contributed by atoms with Crippen molar-refractivity contribution in [1.82, 2.24) is 15.1 Å². The number of aromatic nitrogens is 3. The first kappa shape index (κ1) is 15.4. The monoisotopic (exact) mass is 292 g/mol. The van der Waals surface area contributed by atoms with Gasteiger partial charge in [-0.3, -0.25) is 4.79 Å². The minimum absolute atomic E-state index is 0.0548. The second-order valence-electron chi connectivity index (χ2n) is 5.59. The molecule has 7 heteroatoms. The van der Waals surface area contributed by atoms with Crippen LogP contribution in [-0.2, 0) is 10.3 Å². The van der Waals surface area contributed by atoms with Crippen molar-refractivity contribution in [2.45, 2.75) is 39.3 Å². The number of rotatable bonds is 5. The number of H-pyrrole nitrogens is 1. The van der Waals surface area contributed by atoms with E-state index in [4.69, 9.17) is 15.0 Å². The first-order chi connectivity index (χ1) is 9.79. The van der Waals surface area contributed by atoms with Gasteiger partial charge in [-0.2, -0.15) is 4.98 Å². The quantitative estimate of drug-likeness (QED) is 0.861. The summed E-state index contributed by atoms with van der Waals surface area (Å²) in [5, 5.41) is 3.86. The highest BCUT2D eigenvalue weighted by molar-refractivity contribution is 5.51. The molecule has 0 fully saturated rings. The molecule has 0 saturated carbocycles. The van der Waals surface area contributed by atoms with Gasteiger partial charge in [-0.15, -0.1) is 0 Å². The molecule has 114 valence electrons. The first-order valence-electron chi connectivity index (χ1n) is 6.74. The van der Waals surface area contributed by atoms with Crippen molar-refractivity contribution < 1.29 is 9.26 Å². The van der Waals surface area contributed by atoms with Crippen LogP contribution >= 0.6 is 0 Å². The summed E-state index contributed by atoms with van der Waals surface area (Å²) in [6.45, 7) is 7.65. The van der Waals surface area contributed by atoms with E-state index in [1.165, 1.54) is 6.07 Å². The van der Waals surface area contributed by atoms with Crippen molar-refractivity contribution >= 4 is 0 Å². The fourth-order valence-electron chi connectivity index (χ4n) is 1.71. The molecule has 1 atom stereocenters. The summed E-state index contributed by atoms with van der Waals surface area (Å²) in [4.78, 5) is 19.1. The Bertz CT molecular complexity index is 673. The summed E-state index contributed by atoms with van der Waals surface area (Å²) in [5.74, 6) is 0.450. The largest absolute Gasteiger partial charge is 0.376 e. The van der Waals surface area contributed by atoms with E-state index in [2.05, 4.69) is 15.1 Å². The number of hydrogen-bond donors (Lipinski definition) is 2.